The zero-order valence-corrected chi connectivity index (χ0v) is 12.0. The number of hydrogen-bond acceptors (Lipinski definition) is 6. The number of hydrogen-bond donors (Lipinski definition) is 3. The molecule has 1 saturated heterocycles. The highest BCUT2D eigenvalue weighted by Crippen LogP contribution is 2.24. The van der Waals surface area contributed by atoms with Crippen LogP contribution in [-0.2, 0) is 0 Å². The first-order chi connectivity index (χ1) is 10.2. The van der Waals surface area contributed by atoms with Crippen LogP contribution in [0.3, 0.4) is 0 Å². The predicted molar refractivity (Wildman–Crippen MR) is 74.6 cm³/mol. The lowest BCUT2D eigenvalue weighted by molar-refractivity contribution is 0.0898. The molecule has 1 aromatic heterocycles. The van der Waals surface area contributed by atoms with E-state index in [0.717, 1.165) is 45.1 Å². The van der Waals surface area contributed by atoms with E-state index in [4.69, 9.17) is 4.52 Å². The second-order valence-electron chi connectivity index (χ2n) is 5.99. The summed E-state index contributed by atoms with van der Waals surface area (Å²) in [6.07, 6.45) is 5.42. The van der Waals surface area contributed by atoms with Gasteiger partial charge in [-0.05, 0) is 51.0 Å². The van der Waals surface area contributed by atoms with Gasteiger partial charge in [0.25, 0.3) is 11.7 Å². The van der Waals surface area contributed by atoms with Crippen molar-refractivity contribution in [3.8, 4) is 0 Å². The molecule has 0 radical (unpaired) electrons. The van der Waals surface area contributed by atoms with E-state index in [-0.39, 0.29) is 23.9 Å². The lowest BCUT2D eigenvalue weighted by Crippen LogP contribution is -2.32. The standard InChI is InChI=1S/C14H22N4O3/c19-10-5-3-9(4-6-10)8-16-13(20)12-17-14(21-18-12)11-2-1-7-15-11/h9-11,15,19H,1-8H2,(H,16,20). The Hall–Kier alpha value is -1.47. The average molecular weight is 294 g/mol. The molecule has 2 aliphatic rings. The van der Waals surface area contributed by atoms with E-state index in [2.05, 4.69) is 20.8 Å². The summed E-state index contributed by atoms with van der Waals surface area (Å²) in [6.45, 7) is 1.55. The van der Waals surface area contributed by atoms with Gasteiger partial charge in [-0.3, -0.25) is 4.79 Å². The Morgan fingerprint density at radius 3 is 2.86 bits per heavy atom. The molecule has 1 aliphatic heterocycles. The maximum atomic E-state index is 12.0. The van der Waals surface area contributed by atoms with Gasteiger partial charge in [-0.15, -0.1) is 0 Å². The number of carbonyl (C=O) groups is 1. The lowest BCUT2D eigenvalue weighted by Gasteiger charge is -2.25. The van der Waals surface area contributed by atoms with Crippen LogP contribution in [0, 0.1) is 5.92 Å². The molecule has 1 aliphatic carbocycles. The zero-order valence-electron chi connectivity index (χ0n) is 12.0. The first-order valence-corrected chi connectivity index (χ1v) is 7.75. The molecule has 1 amide bonds. The quantitative estimate of drug-likeness (QED) is 0.758. The Bertz CT molecular complexity index is 476. The maximum absolute atomic E-state index is 12.0. The third-order valence-electron chi connectivity index (χ3n) is 4.37. The number of amides is 1. The van der Waals surface area contributed by atoms with E-state index in [1.807, 2.05) is 0 Å². The fourth-order valence-electron chi connectivity index (χ4n) is 3.03. The van der Waals surface area contributed by atoms with Crippen LogP contribution in [0.15, 0.2) is 4.52 Å². The van der Waals surface area contributed by atoms with Gasteiger partial charge in [0.15, 0.2) is 0 Å². The highest BCUT2D eigenvalue weighted by Gasteiger charge is 2.25. The summed E-state index contributed by atoms with van der Waals surface area (Å²) < 4.78 is 5.16. The van der Waals surface area contributed by atoms with E-state index >= 15 is 0 Å². The van der Waals surface area contributed by atoms with Crippen LogP contribution >= 0.6 is 0 Å². The second-order valence-corrected chi connectivity index (χ2v) is 5.99. The highest BCUT2D eigenvalue weighted by atomic mass is 16.5. The third kappa shape index (κ3) is 3.59. The lowest BCUT2D eigenvalue weighted by atomic mass is 9.87. The summed E-state index contributed by atoms with van der Waals surface area (Å²) in [5.41, 5.74) is 0. The van der Waals surface area contributed by atoms with Gasteiger partial charge in [0, 0.05) is 6.54 Å². The highest BCUT2D eigenvalue weighted by molar-refractivity contribution is 5.90. The Balaban J connectivity index is 1.49. The molecule has 2 heterocycles. The van der Waals surface area contributed by atoms with Gasteiger partial charge in [-0.2, -0.15) is 4.98 Å². The van der Waals surface area contributed by atoms with Gasteiger partial charge in [0.2, 0.25) is 5.89 Å². The number of carbonyl (C=O) groups excluding carboxylic acids is 1. The van der Waals surface area contributed by atoms with Crippen molar-refractivity contribution < 1.29 is 14.4 Å². The van der Waals surface area contributed by atoms with E-state index in [9.17, 15) is 9.90 Å². The van der Waals surface area contributed by atoms with Gasteiger partial charge in [-0.1, -0.05) is 5.16 Å². The van der Waals surface area contributed by atoms with E-state index in [1.165, 1.54) is 0 Å². The largest absolute Gasteiger partial charge is 0.393 e. The summed E-state index contributed by atoms with van der Waals surface area (Å²) in [6, 6.07) is 0.0823. The molecular weight excluding hydrogens is 272 g/mol. The molecule has 0 aromatic carbocycles. The molecule has 3 N–H and O–H groups in total. The van der Waals surface area contributed by atoms with E-state index < -0.39 is 0 Å². The van der Waals surface area contributed by atoms with Gasteiger partial charge < -0.3 is 20.3 Å². The molecule has 3 rings (SSSR count). The van der Waals surface area contributed by atoms with Crippen molar-refractivity contribution >= 4 is 5.91 Å². The maximum Gasteiger partial charge on any atom is 0.292 e. The molecule has 21 heavy (non-hydrogen) atoms. The van der Waals surface area contributed by atoms with Crippen LogP contribution in [-0.4, -0.2) is 40.3 Å². The van der Waals surface area contributed by atoms with Crippen molar-refractivity contribution in [1.82, 2.24) is 20.8 Å². The van der Waals surface area contributed by atoms with E-state index in [1.54, 1.807) is 0 Å². The summed E-state index contributed by atoms with van der Waals surface area (Å²) in [4.78, 5) is 16.2. The Kier molecular flexibility index (Phi) is 4.50. The Morgan fingerprint density at radius 1 is 1.33 bits per heavy atom. The number of aliphatic hydroxyl groups excluding tert-OH is 1. The molecule has 1 atom stereocenters. The molecule has 116 valence electrons. The molecule has 2 fully saturated rings. The second kappa shape index (κ2) is 6.53. The minimum absolute atomic E-state index is 0.0823. The van der Waals surface area contributed by atoms with Crippen LogP contribution in [0.2, 0.25) is 0 Å². The number of aliphatic hydroxyl groups is 1. The smallest absolute Gasteiger partial charge is 0.292 e. The van der Waals surface area contributed by atoms with Crippen molar-refractivity contribution in [2.24, 2.45) is 5.92 Å². The number of aromatic nitrogens is 2. The monoisotopic (exact) mass is 294 g/mol. The SMILES string of the molecule is O=C(NCC1CCC(O)CC1)c1noc(C2CCCN2)n1. The van der Waals surface area contributed by atoms with Crippen LogP contribution in [0.1, 0.15) is 61.1 Å². The van der Waals surface area contributed by atoms with Gasteiger partial charge in [-0.25, -0.2) is 0 Å². The molecule has 1 saturated carbocycles. The number of nitrogens with one attached hydrogen (secondary N) is 2. The number of nitrogens with zero attached hydrogens (tertiary/aromatic N) is 2. The Labute approximate surface area is 123 Å². The predicted octanol–water partition coefficient (Wildman–Crippen LogP) is 0.775. The van der Waals surface area contributed by atoms with Crippen LogP contribution in [0.5, 0.6) is 0 Å². The van der Waals surface area contributed by atoms with Gasteiger partial charge in [0.05, 0.1) is 12.1 Å². The average Bonchev–Trinajstić information content (AvgIpc) is 3.17. The molecule has 0 spiro atoms. The minimum atomic E-state index is -0.283. The molecule has 1 aromatic rings. The first kappa shape index (κ1) is 14.5. The van der Waals surface area contributed by atoms with E-state index in [0.29, 0.717) is 18.4 Å². The summed E-state index contributed by atoms with van der Waals surface area (Å²) in [5, 5.41) is 19.3. The molecule has 7 heteroatoms. The van der Waals surface area contributed by atoms with Crippen LogP contribution < -0.4 is 10.6 Å². The zero-order chi connectivity index (χ0) is 14.7. The van der Waals surface area contributed by atoms with Crippen LogP contribution in [0.25, 0.3) is 0 Å². The van der Waals surface area contributed by atoms with Gasteiger partial charge in [0.1, 0.15) is 0 Å². The summed E-state index contributed by atoms with van der Waals surface area (Å²) >= 11 is 0. The van der Waals surface area contributed by atoms with Gasteiger partial charge >= 0.3 is 0 Å². The normalized spacial score (nSPS) is 29.5. The fourth-order valence-corrected chi connectivity index (χ4v) is 3.03. The van der Waals surface area contributed by atoms with Crippen molar-refractivity contribution in [3.05, 3.63) is 11.7 Å². The first-order valence-electron chi connectivity index (χ1n) is 7.75. The van der Waals surface area contributed by atoms with Crippen molar-refractivity contribution in [2.45, 2.75) is 50.7 Å². The minimum Gasteiger partial charge on any atom is -0.393 e. The van der Waals surface area contributed by atoms with Crippen molar-refractivity contribution in [3.63, 3.8) is 0 Å². The summed E-state index contributed by atoms with van der Waals surface area (Å²) in [5.74, 6) is 0.752. The molecule has 0 bridgehead atoms. The Morgan fingerprint density at radius 2 is 2.14 bits per heavy atom. The topological polar surface area (TPSA) is 100 Å². The van der Waals surface area contributed by atoms with Crippen molar-refractivity contribution in [2.75, 3.05) is 13.1 Å². The molecular formula is C14H22N4O3. The van der Waals surface area contributed by atoms with Crippen molar-refractivity contribution in [1.29, 1.82) is 0 Å². The number of rotatable bonds is 4. The molecule has 7 nitrogen and oxygen atoms in total. The fraction of sp³-hybridized carbons (Fsp3) is 0.786. The summed E-state index contributed by atoms with van der Waals surface area (Å²) in [7, 11) is 0. The molecule has 1 unspecified atom stereocenters. The third-order valence-corrected chi connectivity index (χ3v) is 4.37. The van der Waals surface area contributed by atoms with Crippen LogP contribution in [0.4, 0.5) is 0 Å².